The molecule has 1 aliphatic carbocycles. The number of fused-ring (bicyclic) bond motifs is 1. The number of benzene rings is 1. The number of nitrogens with zero attached hydrogens (tertiary/aromatic N) is 2. The van der Waals surface area contributed by atoms with E-state index in [2.05, 4.69) is 9.84 Å². The molecule has 2 unspecified atom stereocenters. The number of aliphatic imine (C=N–C) groups is 1. The van der Waals surface area contributed by atoms with Crippen LogP contribution < -0.4 is 5.43 Å². The monoisotopic (exact) mass is 390 g/mol. The van der Waals surface area contributed by atoms with Crippen molar-refractivity contribution in [2.45, 2.75) is 58.1 Å². The Hall–Kier alpha value is -3.20. The second-order valence-corrected chi connectivity index (χ2v) is 7.71. The van der Waals surface area contributed by atoms with Gasteiger partial charge < -0.3 is 14.0 Å². The van der Waals surface area contributed by atoms with Gasteiger partial charge in [0.25, 0.3) is 6.04 Å². The first kappa shape index (κ1) is 19.1. The van der Waals surface area contributed by atoms with Crippen LogP contribution in [0.3, 0.4) is 0 Å². The van der Waals surface area contributed by atoms with Crippen molar-refractivity contribution in [1.29, 1.82) is 0 Å². The number of rotatable bonds is 3. The summed E-state index contributed by atoms with van der Waals surface area (Å²) in [4.78, 5) is 33.8. The van der Waals surface area contributed by atoms with Crippen LogP contribution in [0, 0.1) is 13.5 Å². The fraction of sp³-hybridized carbons (Fsp3) is 0.391. The Kier molecular flexibility index (Phi) is 4.83. The van der Waals surface area contributed by atoms with Gasteiger partial charge in [0.05, 0.1) is 16.7 Å². The molecule has 2 atom stereocenters. The molecular weight excluding hydrogens is 368 g/mol. The van der Waals surface area contributed by atoms with E-state index in [0.717, 1.165) is 19.3 Å². The molecule has 0 saturated heterocycles. The Morgan fingerprint density at radius 1 is 1.28 bits per heavy atom. The van der Waals surface area contributed by atoms with E-state index in [1.165, 1.54) is 6.07 Å². The minimum absolute atomic E-state index is 0.0745. The summed E-state index contributed by atoms with van der Waals surface area (Å²) in [7, 11) is 0. The van der Waals surface area contributed by atoms with E-state index in [4.69, 9.17) is 15.7 Å². The van der Waals surface area contributed by atoms with Crippen molar-refractivity contribution in [2.75, 3.05) is 0 Å². The summed E-state index contributed by atoms with van der Waals surface area (Å²) in [6.07, 6.45) is 2.70. The minimum Gasteiger partial charge on any atom is -0.461 e. The number of hydrogen-bond acceptors (Lipinski definition) is 5. The third-order valence-corrected chi connectivity index (χ3v) is 5.72. The molecule has 148 valence electrons. The predicted molar refractivity (Wildman–Crippen MR) is 110 cm³/mol. The Morgan fingerprint density at radius 3 is 2.69 bits per heavy atom. The lowest BCUT2D eigenvalue weighted by atomic mass is 9.79. The molecule has 0 N–H and O–H groups in total. The highest BCUT2D eigenvalue weighted by Crippen LogP contribution is 2.40. The number of esters is 1. The fourth-order valence-electron chi connectivity index (χ4n) is 4.05. The SMILES string of the molecule is [C-]#[N+]C1C(C)=NC(C)=C(C(=O)OC2CCC2)C1c1cccc2c(=O)cc(C)oc12. The maximum atomic E-state index is 13.1. The van der Waals surface area contributed by atoms with Crippen LogP contribution in [-0.2, 0) is 9.53 Å². The Balaban J connectivity index is 1.92. The Morgan fingerprint density at radius 2 is 2.03 bits per heavy atom. The molecule has 1 aromatic heterocycles. The van der Waals surface area contributed by atoms with Crippen LogP contribution in [0.1, 0.15) is 50.4 Å². The lowest BCUT2D eigenvalue weighted by molar-refractivity contribution is -0.148. The van der Waals surface area contributed by atoms with Crippen molar-refractivity contribution in [1.82, 2.24) is 0 Å². The van der Waals surface area contributed by atoms with Crippen LogP contribution in [-0.4, -0.2) is 23.8 Å². The van der Waals surface area contributed by atoms with Crippen molar-refractivity contribution >= 4 is 22.7 Å². The van der Waals surface area contributed by atoms with Crippen molar-refractivity contribution < 1.29 is 13.9 Å². The van der Waals surface area contributed by atoms with Crippen molar-refractivity contribution in [3.05, 3.63) is 68.5 Å². The normalized spacial score (nSPS) is 22.1. The molecule has 2 heterocycles. The second kappa shape index (κ2) is 7.32. The van der Waals surface area contributed by atoms with Crippen molar-refractivity contribution in [3.8, 4) is 0 Å². The molecule has 0 amide bonds. The third-order valence-electron chi connectivity index (χ3n) is 5.72. The third kappa shape index (κ3) is 3.27. The van der Waals surface area contributed by atoms with Gasteiger partial charge in [-0.05, 0) is 46.1 Å². The highest BCUT2D eigenvalue weighted by atomic mass is 16.5. The molecule has 1 saturated carbocycles. The zero-order valence-corrected chi connectivity index (χ0v) is 16.7. The highest BCUT2D eigenvalue weighted by Gasteiger charge is 2.43. The minimum atomic E-state index is -0.668. The summed E-state index contributed by atoms with van der Waals surface area (Å²) in [5.74, 6) is -0.560. The number of para-hydroxylation sites is 1. The van der Waals surface area contributed by atoms with E-state index < -0.39 is 17.9 Å². The largest absolute Gasteiger partial charge is 0.461 e. The summed E-state index contributed by atoms with van der Waals surface area (Å²) in [5, 5.41) is 0.432. The zero-order valence-electron chi connectivity index (χ0n) is 16.7. The smallest absolute Gasteiger partial charge is 0.337 e. The van der Waals surface area contributed by atoms with E-state index in [-0.39, 0.29) is 11.5 Å². The average Bonchev–Trinajstić information content (AvgIpc) is 2.63. The summed E-state index contributed by atoms with van der Waals surface area (Å²) in [5.41, 5.74) is 2.45. The van der Waals surface area contributed by atoms with E-state index >= 15 is 0 Å². The van der Waals surface area contributed by atoms with E-state index in [1.54, 1.807) is 32.9 Å². The number of allylic oxidation sites excluding steroid dienone is 1. The van der Waals surface area contributed by atoms with Gasteiger partial charge in [-0.25, -0.2) is 11.4 Å². The van der Waals surface area contributed by atoms with Crippen molar-refractivity contribution in [2.24, 2.45) is 4.99 Å². The Bertz CT molecular complexity index is 1160. The van der Waals surface area contributed by atoms with Crippen LogP contribution in [0.15, 0.2) is 49.7 Å². The topological polar surface area (TPSA) is 73.2 Å². The molecule has 0 radical (unpaired) electrons. The van der Waals surface area contributed by atoms with Crippen LogP contribution in [0.2, 0.25) is 0 Å². The summed E-state index contributed by atoms with van der Waals surface area (Å²) in [6, 6.07) is 6.05. The van der Waals surface area contributed by atoms with Gasteiger partial charge in [-0.3, -0.25) is 9.79 Å². The molecule has 0 bridgehead atoms. The van der Waals surface area contributed by atoms with Crippen LogP contribution >= 0.6 is 0 Å². The van der Waals surface area contributed by atoms with Crippen molar-refractivity contribution in [3.63, 3.8) is 0 Å². The summed E-state index contributed by atoms with van der Waals surface area (Å²) >= 11 is 0. The molecule has 0 spiro atoms. The fourth-order valence-corrected chi connectivity index (χ4v) is 4.05. The number of carbonyl (C=O) groups excluding carboxylic acids is 1. The van der Waals surface area contributed by atoms with Gasteiger partial charge in [0.1, 0.15) is 23.4 Å². The average molecular weight is 390 g/mol. The molecule has 6 heteroatoms. The molecule has 29 heavy (non-hydrogen) atoms. The number of hydrogen-bond donors (Lipinski definition) is 0. The summed E-state index contributed by atoms with van der Waals surface area (Å²) < 4.78 is 11.6. The maximum Gasteiger partial charge on any atom is 0.337 e. The molecule has 1 aromatic carbocycles. The van der Waals surface area contributed by atoms with Crippen LogP contribution in [0.25, 0.3) is 15.8 Å². The number of carbonyl (C=O) groups is 1. The molecule has 2 aromatic rings. The molecule has 1 fully saturated rings. The van der Waals surface area contributed by atoms with Gasteiger partial charge in [-0.15, -0.1) is 0 Å². The van der Waals surface area contributed by atoms with E-state index in [9.17, 15) is 9.59 Å². The molecule has 1 aliphatic heterocycles. The lowest BCUT2D eigenvalue weighted by Gasteiger charge is -2.30. The molecule has 4 rings (SSSR count). The van der Waals surface area contributed by atoms with E-state index in [1.807, 2.05) is 6.07 Å². The molecular formula is C23H22N2O4. The lowest BCUT2D eigenvalue weighted by Crippen LogP contribution is -2.35. The first-order valence-corrected chi connectivity index (χ1v) is 9.77. The van der Waals surface area contributed by atoms with Gasteiger partial charge in [0.2, 0.25) is 0 Å². The van der Waals surface area contributed by atoms with E-state index in [0.29, 0.717) is 39.3 Å². The van der Waals surface area contributed by atoms with Crippen LogP contribution in [0.5, 0.6) is 0 Å². The quantitative estimate of drug-likeness (QED) is 0.578. The number of ether oxygens (including phenoxy) is 1. The standard InChI is InChI=1S/C23H22N2O4/c1-12-11-18(26)16-9-6-10-17(22(16)28-12)20-19(23(27)29-15-7-5-8-15)13(2)25-14(3)21(20)24-4/h6,9-11,15,20-21H,5,7-8H2,1-3H3. The second-order valence-electron chi connectivity index (χ2n) is 7.71. The first-order valence-electron chi connectivity index (χ1n) is 9.77. The van der Waals surface area contributed by atoms with Gasteiger partial charge in [-0.1, -0.05) is 12.1 Å². The maximum absolute atomic E-state index is 13.1. The van der Waals surface area contributed by atoms with Gasteiger partial charge >= 0.3 is 5.97 Å². The van der Waals surface area contributed by atoms with Gasteiger partial charge in [0.15, 0.2) is 5.43 Å². The zero-order chi connectivity index (χ0) is 20.7. The molecule has 6 nitrogen and oxygen atoms in total. The van der Waals surface area contributed by atoms with Crippen LogP contribution in [0.4, 0.5) is 0 Å². The van der Waals surface area contributed by atoms with Gasteiger partial charge in [0, 0.05) is 17.3 Å². The Labute approximate surface area is 168 Å². The number of aryl methyl sites for hydroxylation is 1. The first-order chi connectivity index (χ1) is 13.9. The molecule has 2 aliphatic rings. The predicted octanol–water partition coefficient (Wildman–Crippen LogP) is 4.32. The summed E-state index contributed by atoms with van der Waals surface area (Å²) in [6.45, 7) is 13.0. The van der Waals surface area contributed by atoms with Gasteiger partial charge in [-0.2, -0.15) is 0 Å². The highest BCUT2D eigenvalue weighted by molar-refractivity contribution is 6.01.